The maximum absolute atomic E-state index is 6.48. The van der Waals surface area contributed by atoms with Gasteiger partial charge in [-0.1, -0.05) is 36.4 Å². The van der Waals surface area contributed by atoms with E-state index in [2.05, 4.69) is 47.0 Å². The summed E-state index contributed by atoms with van der Waals surface area (Å²) in [6, 6.07) is 22.6. The molecule has 1 aliphatic rings. The van der Waals surface area contributed by atoms with Gasteiger partial charge in [-0.2, -0.15) is 0 Å². The lowest BCUT2D eigenvalue weighted by Crippen LogP contribution is -2.40. The summed E-state index contributed by atoms with van der Waals surface area (Å²) in [5, 5.41) is 6.70. The lowest BCUT2D eigenvalue weighted by Gasteiger charge is -2.32. The molecule has 3 aromatic carbocycles. The first-order valence-corrected chi connectivity index (χ1v) is 14.9. The fourth-order valence-electron chi connectivity index (χ4n) is 5.12. The number of hydrogen-bond donors (Lipinski definition) is 2. The molecule has 1 saturated heterocycles. The molecule has 0 saturated carbocycles. The van der Waals surface area contributed by atoms with Crippen LogP contribution >= 0.6 is 0 Å². The summed E-state index contributed by atoms with van der Waals surface area (Å²) in [6.07, 6.45) is 2.77. The van der Waals surface area contributed by atoms with Crippen molar-refractivity contribution in [3.63, 3.8) is 0 Å². The average molecular weight is 579 g/mol. The Balaban J connectivity index is 1.23. The van der Waals surface area contributed by atoms with Crippen molar-refractivity contribution in [2.24, 2.45) is 0 Å². The molecule has 228 valence electrons. The SMILES string of the molecule is CNc1ccc(CO[C@H]2CNCC[C@@H]2c2ccc(OCCCOCc3ccccc3OC)cc2)cc1OCCCOC. The molecular formula is C34H46N2O6. The molecule has 8 heteroatoms. The summed E-state index contributed by atoms with van der Waals surface area (Å²) in [4.78, 5) is 0. The highest BCUT2D eigenvalue weighted by Gasteiger charge is 2.27. The molecule has 0 spiro atoms. The Bertz CT molecular complexity index is 1190. The van der Waals surface area contributed by atoms with Gasteiger partial charge in [0.1, 0.15) is 17.2 Å². The Kier molecular flexibility index (Phi) is 13.3. The zero-order chi connectivity index (χ0) is 29.4. The molecule has 3 aromatic rings. The third kappa shape index (κ3) is 9.63. The number of benzene rings is 3. The molecule has 0 radical (unpaired) electrons. The van der Waals surface area contributed by atoms with Crippen LogP contribution in [-0.4, -0.2) is 66.9 Å². The van der Waals surface area contributed by atoms with Crippen LogP contribution in [0.15, 0.2) is 66.7 Å². The molecule has 0 aliphatic carbocycles. The van der Waals surface area contributed by atoms with E-state index in [1.807, 2.05) is 37.4 Å². The van der Waals surface area contributed by atoms with Gasteiger partial charge in [0.05, 0.1) is 51.9 Å². The maximum atomic E-state index is 6.48. The van der Waals surface area contributed by atoms with E-state index in [4.69, 9.17) is 28.4 Å². The second kappa shape index (κ2) is 17.6. The third-order valence-electron chi connectivity index (χ3n) is 7.42. The molecule has 1 fully saturated rings. The number of rotatable bonds is 18. The molecule has 8 nitrogen and oxygen atoms in total. The Morgan fingerprint density at radius 2 is 1.64 bits per heavy atom. The minimum absolute atomic E-state index is 0.0842. The summed E-state index contributed by atoms with van der Waals surface area (Å²) in [5.74, 6) is 2.89. The standard InChI is InChI=1S/C34H46N2O6/c1-35-31-15-10-26(22-33(31)41-21-6-18-37-2)24-42-34-23-36-17-16-30(34)27-11-13-29(14-12-27)40-20-7-19-39-25-28-8-4-5-9-32(28)38-3/h4-5,8-15,22,30,34-36H,6-7,16-21,23-25H2,1-3H3/t30-,34+/m1/s1. The first kappa shape index (κ1) is 31.6. The quantitative estimate of drug-likeness (QED) is 0.183. The Labute approximate surface area is 250 Å². The molecule has 1 aliphatic heterocycles. The second-order valence-electron chi connectivity index (χ2n) is 10.4. The fraction of sp³-hybridized carbons (Fsp3) is 0.471. The third-order valence-corrected chi connectivity index (χ3v) is 7.42. The van der Waals surface area contributed by atoms with Crippen LogP contribution < -0.4 is 24.8 Å². The van der Waals surface area contributed by atoms with Crippen molar-refractivity contribution in [2.45, 2.75) is 44.5 Å². The van der Waals surface area contributed by atoms with E-state index in [-0.39, 0.29) is 6.10 Å². The van der Waals surface area contributed by atoms with E-state index >= 15 is 0 Å². The molecular weight excluding hydrogens is 532 g/mol. The molecule has 4 rings (SSSR count). The Morgan fingerprint density at radius 3 is 2.45 bits per heavy atom. The summed E-state index contributed by atoms with van der Waals surface area (Å²) in [6.45, 7) is 5.39. The fourth-order valence-corrected chi connectivity index (χ4v) is 5.12. The number of anilines is 1. The van der Waals surface area contributed by atoms with Gasteiger partial charge in [-0.15, -0.1) is 0 Å². The molecule has 1 heterocycles. The largest absolute Gasteiger partial charge is 0.496 e. The van der Waals surface area contributed by atoms with Gasteiger partial charge in [0.25, 0.3) is 0 Å². The summed E-state index contributed by atoms with van der Waals surface area (Å²) < 4.78 is 34.8. The number of methoxy groups -OCH3 is 2. The van der Waals surface area contributed by atoms with Crippen LogP contribution in [0, 0.1) is 0 Å². The van der Waals surface area contributed by atoms with E-state index in [0.29, 0.717) is 45.6 Å². The highest BCUT2D eigenvalue weighted by molar-refractivity contribution is 5.57. The van der Waals surface area contributed by atoms with Crippen molar-refractivity contribution in [3.05, 3.63) is 83.4 Å². The van der Waals surface area contributed by atoms with Crippen LogP contribution in [0.5, 0.6) is 17.2 Å². The van der Waals surface area contributed by atoms with Crippen LogP contribution in [0.25, 0.3) is 0 Å². The van der Waals surface area contributed by atoms with Gasteiger partial charge in [-0.05, 0) is 54.4 Å². The first-order chi connectivity index (χ1) is 20.7. The second-order valence-corrected chi connectivity index (χ2v) is 10.4. The van der Waals surface area contributed by atoms with Gasteiger partial charge < -0.3 is 39.1 Å². The van der Waals surface area contributed by atoms with Gasteiger partial charge in [0.15, 0.2) is 0 Å². The van der Waals surface area contributed by atoms with Crippen molar-refractivity contribution in [2.75, 3.05) is 66.1 Å². The monoisotopic (exact) mass is 578 g/mol. The van der Waals surface area contributed by atoms with E-state index in [9.17, 15) is 0 Å². The topological polar surface area (TPSA) is 79.4 Å². The van der Waals surface area contributed by atoms with E-state index < -0.39 is 0 Å². The van der Waals surface area contributed by atoms with Crippen molar-refractivity contribution < 1.29 is 28.4 Å². The Hall–Kier alpha value is -3.30. The molecule has 2 atom stereocenters. The molecule has 2 N–H and O–H groups in total. The summed E-state index contributed by atoms with van der Waals surface area (Å²) in [7, 11) is 5.29. The highest BCUT2D eigenvalue weighted by Crippen LogP contribution is 2.31. The molecule has 42 heavy (non-hydrogen) atoms. The number of nitrogens with one attached hydrogen (secondary N) is 2. The number of hydrogen-bond acceptors (Lipinski definition) is 8. The smallest absolute Gasteiger partial charge is 0.142 e. The normalized spacial score (nSPS) is 16.6. The van der Waals surface area contributed by atoms with Crippen molar-refractivity contribution in [1.82, 2.24) is 5.32 Å². The first-order valence-electron chi connectivity index (χ1n) is 14.9. The van der Waals surface area contributed by atoms with Crippen LogP contribution in [0.2, 0.25) is 0 Å². The van der Waals surface area contributed by atoms with Gasteiger partial charge >= 0.3 is 0 Å². The highest BCUT2D eigenvalue weighted by atomic mass is 16.5. The average Bonchev–Trinajstić information content (AvgIpc) is 3.04. The minimum atomic E-state index is 0.0842. The van der Waals surface area contributed by atoms with E-state index in [1.54, 1.807) is 14.2 Å². The minimum Gasteiger partial charge on any atom is -0.496 e. The number of ether oxygens (including phenoxy) is 6. The predicted octanol–water partition coefficient (Wildman–Crippen LogP) is 5.80. The van der Waals surface area contributed by atoms with Crippen molar-refractivity contribution in [3.8, 4) is 17.2 Å². The van der Waals surface area contributed by atoms with Gasteiger partial charge in [-0.3, -0.25) is 0 Å². The van der Waals surface area contributed by atoms with Crippen LogP contribution in [-0.2, 0) is 27.4 Å². The van der Waals surface area contributed by atoms with E-state index in [0.717, 1.165) is 66.4 Å². The zero-order valence-corrected chi connectivity index (χ0v) is 25.2. The zero-order valence-electron chi connectivity index (χ0n) is 25.2. The van der Waals surface area contributed by atoms with Gasteiger partial charge in [-0.25, -0.2) is 0 Å². The van der Waals surface area contributed by atoms with E-state index in [1.165, 1.54) is 5.56 Å². The molecule has 0 bridgehead atoms. The lowest BCUT2D eigenvalue weighted by molar-refractivity contribution is 0.0105. The summed E-state index contributed by atoms with van der Waals surface area (Å²) >= 11 is 0. The number of piperidine rings is 1. The van der Waals surface area contributed by atoms with Gasteiger partial charge in [0.2, 0.25) is 0 Å². The van der Waals surface area contributed by atoms with Crippen LogP contribution in [0.1, 0.15) is 41.9 Å². The predicted molar refractivity (Wildman–Crippen MR) is 166 cm³/mol. The van der Waals surface area contributed by atoms with Gasteiger partial charge in [0, 0.05) is 51.6 Å². The molecule has 0 unspecified atom stereocenters. The Morgan fingerprint density at radius 1 is 0.833 bits per heavy atom. The molecule has 0 amide bonds. The lowest BCUT2D eigenvalue weighted by atomic mass is 9.87. The molecule has 0 aromatic heterocycles. The maximum Gasteiger partial charge on any atom is 0.142 e. The summed E-state index contributed by atoms with van der Waals surface area (Å²) in [5.41, 5.74) is 4.39. The van der Waals surface area contributed by atoms with Crippen molar-refractivity contribution in [1.29, 1.82) is 0 Å². The van der Waals surface area contributed by atoms with Crippen LogP contribution in [0.4, 0.5) is 5.69 Å². The van der Waals surface area contributed by atoms with Crippen LogP contribution in [0.3, 0.4) is 0 Å². The number of para-hydroxylation sites is 1. The van der Waals surface area contributed by atoms with Crippen molar-refractivity contribution >= 4 is 5.69 Å².